The van der Waals surface area contributed by atoms with Crippen molar-refractivity contribution in [3.63, 3.8) is 0 Å². The number of hydrogen-bond donors (Lipinski definition) is 0. The fourth-order valence-corrected chi connectivity index (χ4v) is 4.46. The minimum Gasteiger partial charge on any atom is -0.378 e. The topological polar surface area (TPSA) is 54.4 Å². The molecule has 0 unspecified atom stereocenters. The fraction of sp³-hybridized carbons (Fsp3) is 0.389. The number of hydrogen-bond acceptors (Lipinski definition) is 8. The minimum atomic E-state index is 0.731. The number of thiophene rings is 1. The maximum Gasteiger partial charge on any atom is 0.163 e. The van der Waals surface area contributed by atoms with Crippen molar-refractivity contribution in [2.24, 2.45) is 0 Å². The molecule has 4 heterocycles. The number of morpholine rings is 1. The summed E-state index contributed by atoms with van der Waals surface area (Å²) in [5.41, 5.74) is 1.95. The molecule has 0 amide bonds. The van der Waals surface area contributed by atoms with Crippen LogP contribution in [-0.2, 0) is 11.3 Å². The molecule has 1 saturated heterocycles. The van der Waals surface area contributed by atoms with Crippen LogP contribution in [0, 0.1) is 0 Å². The van der Waals surface area contributed by atoms with Crippen molar-refractivity contribution >= 4 is 39.3 Å². The number of anilines is 1. The molecule has 0 spiro atoms. The second-order valence-electron chi connectivity index (χ2n) is 6.11. The summed E-state index contributed by atoms with van der Waals surface area (Å²) < 4.78 is 8.89. The maximum absolute atomic E-state index is 5.52. The Bertz CT molecular complexity index is 880. The maximum atomic E-state index is 5.52. The van der Waals surface area contributed by atoms with E-state index in [0.717, 1.165) is 60.3 Å². The highest BCUT2D eigenvalue weighted by atomic mass is 32.2. The molecule has 8 heteroatoms. The third-order valence-electron chi connectivity index (χ3n) is 4.33. The largest absolute Gasteiger partial charge is 0.378 e. The zero-order chi connectivity index (χ0) is 17.9. The second-order valence-corrected chi connectivity index (χ2v) is 8.23. The molecule has 0 bridgehead atoms. The molecule has 4 rings (SSSR count). The SMILES string of the molecule is CSN(C)Cc1cc2nc(-c3cccnc3)nc(N3CCOCC3)c2s1. The molecule has 3 aromatic rings. The predicted molar refractivity (Wildman–Crippen MR) is 109 cm³/mol. The highest BCUT2D eigenvalue weighted by Crippen LogP contribution is 2.35. The summed E-state index contributed by atoms with van der Waals surface area (Å²) in [6, 6.07) is 6.12. The van der Waals surface area contributed by atoms with Crippen LogP contribution in [0.15, 0.2) is 30.6 Å². The van der Waals surface area contributed by atoms with Crippen molar-refractivity contribution in [2.75, 3.05) is 44.5 Å². The molecule has 0 aliphatic carbocycles. The van der Waals surface area contributed by atoms with Crippen LogP contribution in [0.3, 0.4) is 0 Å². The number of ether oxygens (including phenoxy) is 1. The molecule has 26 heavy (non-hydrogen) atoms. The minimum absolute atomic E-state index is 0.731. The van der Waals surface area contributed by atoms with Crippen LogP contribution >= 0.6 is 23.3 Å². The first-order valence-electron chi connectivity index (χ1n) is 8.53. The lowest BCUT2D eigenvalue weighted by Crippen LogP contribution is -2.36. The number of rotatable bonds is 5. The van der Waals surface area contributed by atoms with E-state index in [0.29, 0.717) is 0 Å². The lowest BCUT2D eigenvalue weighted by atomic mass is 10.2. The van der Waals surface area contributed by atoms with E-state index in [1.54, 1.807) is 29.5 Å². The first-order chi connectivity index (χ1) is 12.7. The van der Waals surface area contributed by atoms with E-state index in [1.165, 1.54) is 4.88 Å². The summed E-state index contributed by atoms with van der Waals surface area (Å²) in [7, 11) is 2.10. The van der Waals surface area contributed by atoms with E-state index < -0.39 is 0 Å². The van der Waals surface area contributed by atoms with Gasteiger partial charge in [0, 0.05) is 42.5 Å². The van der Waals surface area contributed by atoms with Crippen molar-refractivity contribution < 1.29 is 4.74 Å². The Morgan fingerprint density at radius 1 is 1.31 bits per heavy atom. The Morgan fingerprint density at radius 2 is 2.15 bits per heavy atom. The molecule has 0 N–H and O–H groups in total. The van der Waals surface area contributed by atoms with Crippen molar-refractivity contribution in [1.82, 2.24) is 19.3 Å². The number of fused-ring (bicyclic) bond motifs is 1. The monoisotopic (exact) mass is 387 g/mol. The first-order valence-corrected chi connectivity index (χ1v) is 10.5. The summed E-state index contributed by atoms with van der Waals surface area (Å²) in [6.45, 7) is 4.09. The van der Waals surface area contributed by atoms with E-state index in [9.17, 15) is 0 Å². The molecule has 1 aliphatic heterocycles. The van der Waals surface area contributed by atoms with Crippen LogP contribution in [0.5, 0.6) is 0 Å². The van der Waals surface area contributed by atoms with E-state index in [2.05, 4.69) is 33.6 Å². The van der Waals surface area contributed by atoms with Gasteiger partial charge < -0.3 is 9.64 Å². The zero-order valence-corrected chi connectivity index (χ0v) is 16.5. The van der Waals surface area contributed by atoms with Gasteiger partial charge in [0.2, 0.25) is 0 Å². The third-order valence-corrected chi connectivity index (χ3v) is 6.18. The summed E-state index contributed by atoms with van der Waals surface area (Å²) in [5, 5.41) is 0. The van der Waals surface area contributed by atoms with Crippen molar-refractivity contribution in [3.8, 4) is 11.4 Å². The first kappa shape index (κ1) is 17.7. The van der Waals surface area contributed by atoms with Crippen LogP contribution in [0.1, 0.15) is 4.88 Å². The van der Waals surface area contributed by atoms with Crippen LogP contribution in [0.2, 0.25) is 0 Å². The van der Waals surface area contributed by atoms with Gasteiger partial charge in [0.05, 0.1) is 23.4 Å². The highest BCUT2D eigenvalue weighted by Gasteiger charge is 2.20. The molecule has 6 nitrogen and oxygen atoms in total. The highest BCUT2D eigenvalue weighted by molar-refractivity contribution is 7.96. The molecule has 0 saturated carbocycles. The van der Waals surface area contributed by atoms with E-state index in [-0.39, 0.29) is 0 Å². The smallest absolute Gasteiger partial charge is 0.163 e. The molecule has 0 radical (unpaired) electrons. The Hall–Kier alpha value is -1.74. The lowest BCUT2D eigenvalue weighted by molar-refractivity contribution is 0.122. The Morgan fingerprint density at radius 3 is 2.88 bits per heavy atom. The van der Waals surface area contributed by atoms with Gasteiger partial charge in [-0.3, -0.25) is 4.98 Å². The summed E-state index contributed by atoms with van der Waals surface area (Å²) in [4.78, 5) is 17.6. The van der Waals surface area contributed by atoms with Crippen LogP contribution in [-0.4, -0.2) is 58.9 Å². The lowest BCUT2D eigenvalue weighted by Gasteiger charge is -2.28. The van der Waals surface area contributed by atoms with Gasteiger partial charge in [0.25, 0.3) is 0 Å². The Labute approximate surface area is 161 Å². The van der Waals surface area contributed by atoms with Gasteiger partial charge in [-0.25, -0.2) is 14.3 Å². The molecular weight excluding hydrogens is 366 g/mol. The summed E-state index contributed by atoms with van der Waals surface area (Å²) in [6.07, 6.45) is 5.68. The van der Waals surface area contributed by atoms with Crippen molar-refractivity contribution in [3.05, 3.63) is 35.5 Å². The quantitative estimate of drug-likeness (QED) is 0.623. The van der Waals surface area contributed by atoms with E-state index in [1.807, 2.05) is 18.3 Å². The molecule has 1 aliphatic rings. The van der Waals surface area contributed by atoms with Crippen molar-refractivity contribution in [1.29, 1.82) is 0 Å². The third kappa shape index (κ3) is 3.68. The molecule has 3 aromatic heterocycles. The number of aromatic nitrogens is 3. The summed E-state index contributed by atoms with van der Waals surface area (Å²) >= 11 is 3.52. The average molecular weight is 388 g/mol. The van der Waals surface area contributed by atoms with Gasteiger partial charge in [-0.2, -0.15) is 0 Å². The molecule has 136 valence electrons. The number of nitrogens with zero attached hydrogens (tertiary/aromatic N) is 5. The standard InChI is InChI=1S/C18H21N5OS2/c1-22(25-2)12-14-10-15-16(26-14)18(23-6-8-24-9-7-23)21-17(20-15)13-4-3-5-19-11-13/h3-5,10-11H,6-9,12H2,1-2H3. The van der Waals surface area contributed by atoms with Gasteiger partial charge in [0.1, 0.15) is 0 Å². The fourth-order valence-electron chi connectivity index (χ4n) is 2.94. The summed E-state index contributed by atoms with van der Waals surface area (Å²) in [5.74, 6) is 1.75. The predicted octanol–water partition coefficient (Wildman–Crippen LogP) is 3.30. The molecular formula is C18H21N5OS2. The molecule has 1 fully saturated rings. The Balaban J connectivity index is 1.81. The van der Waals surface area contributed by atoms with Crippen LogP contribution in [0.25, 0.3) is 21.6 Å². The average Bonchev–Trinajstić information content (AvgIpc) is 3.10. The second kappa shape index (κ2) is 7.87. The van der Waals surface area contributed by atoms with E-state index >= 15 is 0 Å². The van der Waals surface area contributed by atoms with Gasteiger partial charge in [-0.15, -0.1) is 11.3 Å². The normalized spacial score (nSPS) is 15.1. The van der Waals surface area contributed by atoms with Gasteiger partial charge in [-0.1, -0.05) is 11.9 Å². The zero-order valence-electron chi connectivity index (χ0n) is 14.9. The Kier molecular flexibility index (Phi) is 5.35. The van der Waals surface area contributed by atoms with Gasteiger partial charge in [0.15, 0.2) is 11.6 Å². The van der Waals surface area contributed by atoms with Crippen molar-refractivity contribution in [2.45, 2.75) is 6.54 Å². The van der Waals surface area contributed by atoms with Gasteiger partial charge >= 0.3 is 0 Å². The van der Waals surface area contributed by atoms with Crippen LogP contribution in [0.4, 0.5) is 5.82 Å². The molecule has 0 aromatic carbocycles. The van der Waals surface area contributed by atoms with Gasteiger partial charge in [-0.05, 0) is 31.5 Å². The molecule has 0 atom stereocenters. The van der Waals surface area contributed by atoms with E-state index in [4.69, 9.17) is 14.7 Å². The number of pyridine rings is 1. The van der Waals surface area contributed by atoms with Crippen LogP contribution < -0.4 is 4.90 Å².